The molecule has 0 bridgehead atoms. The first-order chi connectivity index (χ1) is 5.18. The Hall–Kier alpha value is 1.56. The molecule has 0 aliphatic carbocycles. The summed E-state index contributed by atoms with van der Waals surface area (Å²) in [5.41, 5.74) is -2.00. The molecule has 0 aromatic rings. The second kappa shape index (κ2) is 9.13. The van der Waals surface area contributed by atoms with Crippen LogP contribution in [0.3, 0.4) is 0 Å². The summed E-state index contributed by atoms with van der Waals surface area (Å²) in [6.07, 6.45) is 0. The van der Waals surface area contributed by atoms with Crippen LogP contribution in [0.4, 0.5) is 0 Å². The summed E-state index contributed by atoms with van der Waals surface area (Å²) >= 11 is 2.12. The van der Waals surface area contributed by atoms with E-state index < -0.39 is 5.59 Å². The third-order valence-electron chi connectivity index (χ3n) is 0.850. The van der Waals surface area contributed by atoms with Crippen molar-refractivity contribution < 1.29 is 30.6 Å². The van der Waals surface area contributed by atoms with Crippen LogP contribution in [0.1, 0.15) is 20.8 Å². The van der Waals surface area contributed by atoms with E-state index >= 15 is 0 Å². The van der Waals surface area contributed by atoms with Gasteiger partial charge in [-0.05, 0) is 20.8 Å². The summed E-state index contributed by atoms with van der Waals surface area (Å²) in [4.78, 5) is 0. The second-order valence-electron chi connectivity index (χ2n) is 1.68. The van der Waals surface area contributed by atoms with Crippen LogP contribution in [0.25, 0.3) is 0 Å². The van der Waals surface area contributed by atoms with Gasteiger partial charge < -0.3 is 0 Å². The molecule has 0 N–H and O–H groups in total. The molecule has 0 fully saturated rings. The minimum absolute atomic E-state index is 0. The molecule has 6 heteroatoms. The Morgan fingerprint density at radius 1 is 0.917 bits per heavy atom. The van der Waals surface area contributed by atoms with Gasteiger partial charge >= 0.3 is 5.59 Å². The maximum atomic E-state index is 5.36. The van der Waals surface area contributed by atoms with Crippen LogP contribution in [0, 0.1) is 0 Å². The third kappa shape index (κ3) is 7.01. The van der Waals surface area contributed by atoms with E-state index in [1.54, 1.807) is 0 Å². The van der Waals surface area contributed by atoms with Gasteiger partial charge in [0, 0.05) is 17.1 Å². The summed E-state index contributed by atoms with van der Waals surface area (Å²) in [6.45, 7) is 7.71. The Labute approximate surface area is 98.5 Å². The van der Waals surface area contributed by atoms with Crippen LogP contribution in [0.15, 0.2) is 0 Å². The Kier molecular flexibility index (Phi) is 12.2. The molecule has 79 valence electrons. The van der Waals surface area contributed by atoms with Crippen molar-refractivity contribution in [3.63, 3.8) is 0 Å². The van der Waals surface area contributed by atoms with Gasteiger partial charge in [-0.1, -0.05) is 0 Å². The summed E-state index contributed by atoms with van der Waals surface area (Å²) < 4.78 is 16.1. The molecule has 0 aliphatic heterocycles. The van der Waals surface area contributed by atoms with Gasteiger partial charge in [0.15, 0.2) is 0 Å². The van der Waals surface area contributed by atoms with Crippen molar-refractivity contribution in [2.45, 2.75) is 20.8 Å². The zero-order valence-electron chi connectivity index (χ0n) is 7.47. The maximum absolute atomic E-state index is 5.36. The molecule has 12 heavy (non-hydrogen) atoms. The van der Waals surface area contributed by atoms with Crippen LogP contribution >= 0.6 is 27.6 Å². The van der Waals surface area contributed by atoms with Crippen molar-refractivity contribution in [2.24, 2.45) is 0 Å². The molecule has 0 unspecified atom stereocenters. The fourth-order valence-electron chi connectivity index (χ4n) is 0.574. The van der Waals surface area contributed by atoms with E-state index in [0.29, 0.717) is 19.8 Å². The first-order valence-electron chi connectivity index (χ1n) is 3.70. The summed E-state index contributed by atoms with van der Waals surface area (Å²) in [6, 6.07) is 0. The number of hydrogen-bond donors (Lipinski definition) is 0. The van der Waals surface area contributed by atoms with E-state index in [9.17, 15) is 0 Å². The van der Waals surface area contributed by atoms with Crippen molar-refractivity contribution in [3.05, 3.63) is 0 Å². The largest absolute Gasteiger partial charge is 0.476 e. The smallest absolute Gasteiger partial charge is 0.171 e. The average Bonchev–Trinajstić information content (AvgIpc) is 1.88. The quantitative estimate of drug-likeness (QED) is 0.415. The predicted molar refractivity (Wildman–Crippen MR) is 55.8 cm³/mol. The molecule has 0 aromatic carbocycles. The Balaban J connectivity index is 0. The Morgan fingerprint density at radius 3 is 1.33 bits per heavy atom. The van der Waals surface area contributed by atoms with Crippen LogP contribution in [0.5, 0.6) is 0 Å². The molecule has 0 aromatic heterocycles. The van der Waals surface area contributed by atoms with Gasteiger partial charge in [-0.25, -0.2) is 0 Å². The summed E-state index contributed by atoms with van der Waals surface area (Å²) in [5, 5.41) is 0. The standard InChI is InChI=1S/C6H15IO3P.Cu/c1-4-8-11(7,9-5-2)10-6-3;/h4-6H2,1-3H3;/q+1;. The summed E-state index contributed by atoms with van der Waals surface area (Å²) in [7, 11) is 0. The van der Waals surface area contributed by atoms with Crippen molar-refractivity contribution in [1.29, 1.82) is 0 Å². The minimum atomic E-state index is -2.00. The van der Waals surface area contributed by atoms with Gasteiger partial charge in [0.1, 0.15) is 0 Å². The van der Waals surface area contributed by atoms with Gasteiger partial charge in [-0.15, -0.1) is 0 Å². The predicted octanol–water partition coefficient (Wildman–Crippen LogP) is 3.21. The molecule has 0 aliphatic rings. The maximum Gasteiger partial charge on any atom is 0.476 e. The van der Waals surface area contributed by atoms with Gasteiger partial charge in [-0.2, -0.15) is 13.6 Å². The van der Waals surface area contributed by atoms with Gasteiger partial charge in [0.05, 0.1) is 19.8 Å². The van der Waals surface area contributed by atoms with Gasteiger partial charge in [0.25, 0.3) is 22.0 Å². The molecule has 0 rings (SSSR count). The molecule has 0 saturated carbocycles. The van der Waals surface area contributed by atoms with E-state index in [4.69, 9.17) is 13.6 Å². The molecule has 0 spiro atoms. The first-order valence-corrected chi connectivity index (χ1v) is 8.03. The molecule has 0 saturated heterocycles. The number of rotatable bonds is 6. The molecule has 3 nitrogen and oxygen atoms in total. The van der Waals surface area contributed by atoms with E-state index in [-0.39, 0.29) is 17.1 Å². The fraction of sp³-hybridized carbons (Fsp3) is 1.00. The molecule has 1 radical (unpaired) electrons. The van der Waals surface area contributed by atoms with Gasteiger partial charge in [0.2, 0.25) is 0 Å². The van der Waals surface area contributed by atoms with Crippen LogP contribution < -0.4 is 0 Å². The van der Waals surface area contributed by atoms with Crippen LogP contribution in [-0.2, 0) is 30.6 Å². The average molecular weight is 357 g/mol. The van der Waals surface area contributed by atoms with Crippen LogP contribution in [0.2, 0.25) is 0 Å². The van der Waals surface area contributed by atoms with E-state index in [1.807, 2.05) is 20.8 Å². The zero-order chi connectivity index (χ0) is 8.74. The minimum Gasteiger partial charge on any atom is -0.171 e. The number of hydrogen-bond acceptors (Lipinski definition) is 3. The second-order valence-corrected chi connectivity index (χ2v) is 6.86. The molecular weight excluding hydrogens is 341 g/mol. The Morgan fingerprint density at radius 2 is 1.17 bits per heavy atom. The first kappa shape index (κ1) is 16.0. The summed E-state index contributed by atoms with van der Waals surface area (Å²) in [5.74, 6) is 0. The molecule has 0 heterocycles. The van der Waals surface area contributed by atoms with Gasteiger partial charge in [-0.3, -0.25) is 0 Å². The van der Waals surface area contributed by atoms with Crippen molar-refractivity contribution in [3.8, 4) is 0 Å². The van der Waals surface area contributed by atoms with Crippen molar-refractivity contribution in [2.75, 3.05) is 19.8 Å². The van der Waals surface area contributed by atoms with Crippen molar-refractivity contribution >= 4 is 27.6 Å². The molecular formula is C6H15CuIO3P+. The SMILES string of the molecule is CCO[P+](I)(OCC)OCC.[Cu]. The van der Waals surface area contributed by atoms with E-state index in [0.717, 1.165) is 0 Å². The van der Waals surface area contributed by atoms with Crippen molar-refractivity contribution in [1.82, 2.24) is 0 Å². The van der Waals surface area contributed by atoms with Crippen LogP contribution in [-0.4, -0.2) is 19.8 Å². The fourth-order valence-corrected chi connectivity index (χ4v) is 4.23. The molecule has 0 amide bonds. The monoisotopic (exact) mass is 356 g/mol. The number of halogens is 1. The normalized spacial score (nSPS) is 11.0. The van der Waals surface area contributed by atoms with E-state index in [1.165, 1.54) is 0 Å². The third-order valence-corrected chi connectivity index (χ3v) is 5.06. The molecule has 0 atom stereocenters. The zero-order valence-corrected chi connectivity index (χ0v) is 11.5. The van der Waals surface area contributed by atoms with E-state index in [2.05, 4.69) is 22.0 Å². The topological polar surface area (TPSA) is 27.7 Å². The Bertz CT molecular complexity index is 89.8.